The van der Waals surface area contributed by atoms with Gasteiger partial charge in [-0.3, -0.25) is 0 Å². The summed E-state index contributed by atoms with van der Waals surface area (Å²) in [4.78, 5) is 0. The molecule has 190 valence electrons. The zero-order chi connectivity index (χ0) is 26.0. The first-order valence-corrected chi connectivity index (χ1v) is 12.1. The summed E-state index contributed by atoms with van der Waals surface area (Å²) in [6, 6.07) is 6.20. The van der Waals surface area contributed by atoms with Gasteiger partial charge in [0.25, 0.3) is 0 Å². The number of rotatable bonds is 5. The fraction of sp³-hybridized carbons (Fsp3) is 0.379. The van der Waals surface area contributed by atoms with E-state index in [1.807, 2.05) is 51.1 Å². The number of furan rings is 1. The topological polar surface area (TPSA) is 113 Å². The monoisotopic (exact) mass is 492 g/mol. The fourth-order valence-electron chi connectivity index (χ4n) is 4.68. The van der Waals surface area contributed by atoms with Crippen molar-refractivity contribution in [1.82, 2.24) is 0 Å². The van der Waals surface area contributed by atoms with E-state index in [-0.39, 0.29) is 11.5 Å². The predicted molar refractivity (Wildman–Crippen MR) is 138 cm³/mol. The van der Waals surface area contributed by atoms with Gasteiger partial charge in [-0.2, -0.15) is 0 Å². The van der Waals surface area contributed by atoms with Crippen molar-refractivity contribution in [2.45, 2.75) is 70.4 Å². The molecule has 2 aromatic carbocycles. The molecule has 2 aliphatic rings. The Hall–Kier alpha value is -3.42. The summed E-state index contributed by atoms with van der Waals surface area (Å²) >= 11 is 0. The largest absolute Gasteiger partial charge is 0.508 e. The normalized spacial score (nSPS) is 21.0. The second-order valence-electron chi connectivity index (χ2n) is 11.1. The van der Waals surface area contributed by atoms with Gasteiger partial charge in [-0.25, -0.2) is 0 Å². The molecule has 1 aromatic heterocycles. The van der Waals surface area contributed by atoms with Gasteiger partial charge in [0, 0.05) is 22.6 Å². The number of fused-ring (bicyclic) bond motifs is 6. The molecule has 2 aliphatic heterocycles. The molecule has 36 heavy (non-hydrogen) atoms. The number of aromatic hydroxyl groups is 2. The van der Waals surface area contributed by atoms with Gasteiger partial charge in [0.05, 0.1) is 17.3 Å². The van der Waals surface area contributed by atoms with Crippen molar-refractivity contribution in [3.63, 3.8) is 0 Å². The molecule has 3 aromatic rings. The zero-order valence-electron chi connectivity index (χ0n) is 21.1. The molecule has 0 saturated carbocycles. The van der Waals surface area contributed by atoms with Crippen LogP contribution in [0, 0.1) is 0 Å². The van der Waals surface area contributed by atoms with Crippen molar-refractivity contribution in [2.24, 2.45) is 0 Å². The molecule has 0 aliphatic carbocycles. The lowest BCUT2D eigenvalue weighted by Gasteiger charge is -2.37. The van der Waals surface area contributed by atoms with Crippen molar-refractivity contribution in [3.05, 3.63) is 47.5 Å². The van der Waals surface area contributed by atoms with Crippen LogP contribution in [0.25, 0.3) is 34.4 Å². The molecule has 7 heteroatoms. The molecule has 0 spiro atoms. The number of phenols is 2. The smallest absolute Gasteiger partial charge is 0.174 e. The van der Waals surface area contributed by atoms with E-state index >= 15 is 0 Å². The van der Waals surface area contributed by atoms with E-state index in [0.717, 1.165) is 16.5 Å². The SMILES string of the molecule is CC1(C)C=Cc2c(c3c(c4oc(-c5cc(O)cc(O)c5)cc24)C=CC(C)(CCC(O)C(C)(C)O)O3)O1. The first-order valence-electron chi connectivity index (χ1n) is 12.1. The minimum absolute atomic E-state index is 0.0632. The molecule has 0 fully saturated rings. The Kier molecular flexibility index (Phi) is 5.43. The van der Waals surface area contributed by atoms with E-state index in [4.69, 9.17) is 13.9 Å². The summed E-state index contributed by atoms with van der Waals surface area (Å²) < 4.78 is 19.2. The van der Waals surface area contributed by atoms with E-state index in [0.29, 0.717) is 41.2 Å². The summed E-state index contributed by atoms with van der Waals surface area (Å²) in [7, 11) is 0. The molecule has 5 rings (SSSR count). The first kappa shape index (κ1) is 24.3. The minimum atomic E-state index is -1.21. The van der Waals surface area contributed by atoms with Crippen molar-refractivity contribution in [2.75, 3.05) is 0 Å². The highest BCUT2D eigenvalue weighted by molar-refractivity contribution is 6.01. The number of hydrogen-bond donors (Lipinski definition) is 4. The van der Waals surface area contributed by atoms with E-state index in [1.54, 1.807) is 13.8 Å². The minimum Gasteiger partial charge on any atom is -0.508 e. The average molecular weight is 493 g/mol. The van der Waals surface area contributed by atoms with Crippen LogP contribution >= 0.6 is 0 Å². The van der Waals surface area contributed by atoms with E-state index in [2.05, 4.69) is 0 Å². The van der Waals surface area contributed by atoms with E-state index in [1.165, 1.54) is 18.2 Å². The third kappa shape index (κ3) is 4.33. The van der Waals surface area contributed by atoms with Crippen molar-refractivity contribution in [1.29, 1.82) is 0 Å². The number of phenolic OH excluding ortho intramolecular Hbond substituents is 2. The zero-order valence-corrected chi connectivity index (χ0v) is 21.1. The Morgan fingerprint density at radius 1 is 0.889 bits per heavy atom. The summed E-state index contributed by atoms with van der Waals surface area (Å²) in [6.45, 7) is 9.05. The number of ether oxygens (including phenoxy) is 2. The third-order valence-electron chi connectivity index (χ3n) is 6.83. The van der Waals surface area contributed by atoms with Crippen LogP contribution in [0.1, 0.15) is 58.6 Å². The van der Waals surface area contributed by atoms with Gasteiger partial charge in [-0.15, -0.1) is 0 Å². The maximum absolute atomic E-state index is 10.4. The second kappa shape index (κ2) is 8.05. The quantitative estimate of drug-likeness (QED) is 0.358. The highest BCUT2D eigenvalue weighted by Gasteiger charge is 2.37. The van der Waals surface area contributed by atoms with E-state index < -0.39 is 22.9 Å². The van der Waals surface area contributed by atoms with Gasteiger partial charge in [0.2, 0.25) is 0 Å². The summed E-state index contributed by atoms with van der Waals surface area (Å²) in [5.74, 6) is 1.52. The van der Waals surface area contributed by atoms with Crippen LogP contribution in [0.2, 0.25) is 0 Å². The molecule has 3 heterocycles. The molecular formula is C29H32O7. The van der Waals surface area contributed by atoms with Crippen LogP contribution in [0.3, 0.4) is 0 Å². The number of benzene rings is 2. The fourth-order valence-corrected chi connectivity index (χ4v) is 4.68. The molecule has 2 unspecified atom stereocenters. The Bertz CT molecular complexity index is 1380. The van der Waals surface area contributed by atoms with Gasteiger partial charge in [-0.05, 0) is 83.9 Å². The van der Waals surface area contributed by atoms with Gasteiger partial charge in [0.1, 0.15) is 34.0 Å². The highest BCUT2D eigenvalue weighted by Crippen LogP contribution is 2.52. The highest BCUT2D eigenvalue weighted by atomic mass is 16.5. The molecule has 0 saturated heterocycles. The van der Waals surface area contributed by atoms with Crippen molar-refractivity contribution in [3.8, 4) is 34.3 Å². The molecule has 2 atom stereocenters. The van der Waals surface area contributed by atoms with Gasteiger partial charge >= 0.3 is 0 Å². The average Bonchev–Trinajstić information content (AvgIpc) is 3.21. The lowest BCUT2D eigenvalue weighted by molar-refractivity contribution is -0.0579. The number of aliphatic hydroxyl groups is 2. The van der Waals surface area contributed by atoms with Crippen LogP contribution in [0.5, 0.6) is 23.0 Å². The first-order chi connectivity index (χ1) is 16.7. The molecule has 0 radical (unpaired) electrons. The van der Waals surface area contributed by atoms with Crippen LogP contribution in [0.15, 0.2) is 40.8 Å². The van der Waals surface area contributed by atoms with Gasteiger partial charge in [0.15, 0.2) is 11.5 Å². The second-order valence-corrected chi connectivity index (χ2v) is 11.1. The predicted octanol–water partition coefficient (Wildman–Crippen LogP) is 5.77. The summed E-state index contributed by atoms with van der Waals surface area (Å²) in [5.41, 5.74) is 0.198. The van der Waals surface area contributed by atoms with Crippen LogP contribution < -0.4 is 9.47 Å². The molecule has 7 nitrogen and oxygen atoms in total. The maximum Gasteiger partial charge on any atom is 0.174 e. The Balaban J connectivity index is 1.63. The number of aliphatic hydroxyl groups excluding tert-OH is 1. The Labute approximate surface area is 209 Å². The third-order valence-corrected chi connectivity index (χ3v) is 6.83. The summed E-state index contributed by atoms with van der Waals surface area (Å²) in [5, 5.41) is 41.3. The number of hydrogen-bond acceptors (Lipinski definition) is 7. The molecular weight excluding hydrogens is 460 g/mol. The maximum atomic E-state index is 10.4. The molecule has 0 amide bonds. The lowest BCUT2D eigenvalue weighted by atomic mass is 9.88. The van der Waals surface area contributed by atoms with Crippen LogP contribution in [-0.2, 0) is 0 Å². The van der Waals surface area contributed by atoms with Crippen molar-refractivity contribution >= 4 is 23.1 Å². The standard InChI is InChI=1S/C29H32O7/c1-27(2)9-6-19-21-15-22(16-12-17(30)14-18(31)13-16)34-24(21)20-7-10-29(5,36-26(20)25(19)35-27)11-8-23(32)28(3,4)33/h6-7,9-10,12-15,23,30-33H,8,11H2,1-5H3. The van der Waals surface area contributed by atoms with Gasteiger partial charge in [-0.1, -0.05) is 6.08 Å². The molecule has 0 bridgehead atoms. The lowest BCUT2D eigenvalue weighted by Crippen LogP contribution is -2.39. The Morgan fingerprint density at radius 3 is 2.19 bits per heavy atom. The molecule has 4 N–H and O–H groups in total. The van der Waals surface area contributed by atoms with Gasteiger partial charge < -0.3 is 34.3 Å². The van der Waals surface area contributed by atoms with Crippen LogP contribution in [-0.4, -0.2) is 43.3 Å². The van der Waals surface area contributed by atoms with Crippen LogP contribution in [0.4, 0.5) is 0 Å². The van der Waals surface area contributed by atoms with E-state index in [9.17, 15) is 20.4 Å². The summed E-state index contributed by atoms with van der Waals surface area (Å²) in [6.07, 6.45) is 7.79. The van der Waals surface area contributed by atoms with Crippen molar-refractivity contribution < 1.29 is 34.3 Å². The Morgan fingerprint density at radius 2 is 1.53 bits per heavy atom.